The molecule has 0 radical (unpaired) electrons. The zero-order valence-corrected chi connectivity index (χ0v) is 18.0. The standard InChI is InChI=1S/C22H25N3O4S/c1-24(2)9-10-25(21(26)8-11-27-16-6-4-3-5-7-16)22-23-17-14-18-19(15-20(17)30-22)29-13-12-28-18/h3-7,14-15H,8-13H2,1-2H3. The first-order chi connectivity index (χ1) is 14.6. The maximum Gasteiger partial charge on any atom is 0.232 e. The molecule has 4 rings (SSSR count). The Kier molecular flexibility index (Phi) is 6.35. The minimum absolute atomic E-state index is 0.0101. The fourth-order valence-electron chi connectivity index (χ4n) is 3.10. The van der Waals surface area contributed by atoms with Crippen molar-refractivity contribution in [1.29, 1.82) is 0 Å². The second kappa shape index (κ2) is 9.32. The SMILES string of the molecule is CN(C)CCN(C(=O)CCOc1ccccc1)c1nc2cc3c(cc2s1)OCCO3. The summed E-state index contributed by atoms with van der Waals surface area (Å²) in [7, 11) is 3.98. The number of fused-ring (bicyclic) bond motifs is 2. The molecular formula is C22H25N3O4S. The molecule has 0 saturated heterocycles. The van der Waals surface area contributed by atoms with Crippen LogP contribution in [0.3, 0.4) is 0 Å². The van der Waals surface area contributed by atoms with E-state index in [4.69, 9.17) is 19.2 Å². The summed E-state index contributed by atoms with van der Waals surface area (Å²) in [5, 5.41) is 0.680. The molecule has 0 saturated carbocycles. The number of benzene rings is 2. The van der Waals surface area contributed by atoms with Crippen molar-refractivity contribution in [3.63, 3.8) is 0 Å². The zero-order chi connectivity index (χ0) is 20.9. The second-order valence-electron chi connectivity index (χ2n) is 7.22. The van der Waals surface area contributed by atoms with Crippen LogP contribution in [0.1, 0.15) is 6.42 Å². The average molecular weight is 428 g/mol. The molecule has 158 valence electrons. The van der Waals surface area contributed by atoms with Crippen molar-refractivity contribution in [2.45, 2.75) is 6.42 Å². The first-order valence-corrected chi connectivity index (χ1v) is 10.7. The van der Waals surface area contributed by atoms with E-state index in [9.17, 15) is 4.79 Å². The number of likely N-dealkylation sites (N-methyl/N-ethyl adjacent to an activating group) is 1. The van der Waals surface area contributed by atoms with Gasteiger partial charge in [-0.1, -0.05) is 29.5 Å². The molecule has 2 aromatic carbocycles. The number of aromatic nitrogens is 1. The van der Waals surface area contributed by atoms with Gasteiger partial charge in [0.15, 0.2) is 16.6 Å². The van der Waals surface area contributed by atoms with Gasteiger partial charge < -0.3 is 19.1 Å². The number of amides is 1. The fraction of sp³-hybridized carbons (Fsp3) is 0.364. The lowest BCUT2D eigenvalue weighted by molar-refractivity contribution is -0.119. The Morgan fingerprint density at radius 3 is 2.57 bits per heavy atom. The number of para-hydroxylation sites is 1. The molecule has 0 N–H and O–H groups in total. The third-order valence-electron chi connectivity index (χ3n) is 4.67. The molecular weight excluding hydrogens is 402 g/mol. The normalized spacial score (nSPS) is 12.9. The van der Waals surface area contributed by atoms with Crippen LogP contribution in [0.5, 0.6) is 17.2 Å². The van der Waals surface area contributed by atoms with E-state index in [1.54, 1.807) is 4.90 Å². The molecule has 1 aliphatic heterocycles. The zero-order valence-electron chi connectivity index (χ0n) is 17.2. The van der Waals surface area contributed by atoms with Gasteiger partial charge in [-0.15, -0.1) is 0 Å². The van der Waals surface area contributed by atoms with E-state index in [1.807, 2.05) is 56.6 Å². The number of anilines is 1. The van der Waals surface area contributed by atoms with Gasteiger partial charge in [0.1, 0.15) is 19.0 Å². The first kappa shape index (κ1) is 20.4. The molecule has 7 nitrogen and oxygen atoms in total. The van der Waals surface area contributed by atoms with Gasteiger partial charge in [-0.3, -0.25) is 9.69 Å². The largest absolute Gasteiger partial charge is 0.493 e. The van der Waals surface area contributed by atoms with Crippen LogP contribution in [0.2, 0.25) is 0 Å². The molecule has 3 aromatic rings. The third kappa shape index (κ3) is 4.83. The lowest BCUT2D eigenvalue weighted by atomic mass is 10.3. The number of ether oxygens (including phenoxy) is 3. The van der Waals surface area contributed by atoms with Gasteiger partial charge >= 0.3 is 0 Å². The van der Waals surface area contributed by atoms with E-state index in [-0.39, 0.29) is 12.3 Å². The number of thiazole rings is 1. The van der Waals surface area contributed by atoms with Crippen LogP contribution in [0.15, 0.2) is 42.5 Å². The molecule has 1 aliphatic rings. The molecule has 0 unspecified atom stereocenters. The minimum atomic E-state index is -0.0101. The van der Waals surface area contributed by atoms with Gasteiger partial charge in [0.05, 0.1) is 23.2 Å². The fourth-order valence-corrected chi connectivity index (χ4v) is 4.12. The second-order valence-corrected chi connectivity index (χ2v) is 8.23. The van der Waals surface area contributed by atoms with Crippen molar-refractivity contribution in [2.75, 3.05) is 51.9 Å². The van der Waals surface area contributed by atoms with Crippen molar-refractivity contribution in [2.24, 2.45) is 0 Å². The van der Waals surface area contributed by atoms with E-state index in [0.29, 0.717) is 37.2 Å². The Balaban J connectivity index is 1.51. The van der Waals surface area contributed by atoms with Crippen LogP contribution in [-0.2, 0) is 4.79 Å². The van der Waals surface area contributed by atoms with E-state index in [1.165, 1.54) is 11.3 Å². The van der Waals surface area contributed by atoms with Crippen molar-refractivity contribution >= 4 is 32.6 Å². The Morgan fingerprint density at radius 1 is 1.10 bits per heavy atom. The van der Waals surface area contributed by atoms with Crippen LogP contribution in [0, 0.1) is 0 Å². The van der Waals surface area contributed by atoms with Crippen LogP contribution in [0.25, 0.3) is 10.2 Å². The van der Waals surface area contributed by atoms with E-state index < -0.39 is 0 Å². The molecule has 1 aromatic heterocycles. The molecule has 0 spiro atoms. The lowest BCUT2D eigenvalue weighted by Crippen LogP contribution is -2.37. The van der Waals surface area contributed by atoms with Crippen LogP contribution >= 0.6 is 11.3 Å². The Morgan fingerprint density at radius 2 is 1.83 bits per heavy atom. The van der Waals surface area contributed by atoms with Crippen LogP contribution in [-0.4, -0.2) is 62.8 Å². The minimum Gasteiger partial charge on any atom is -0.493 e. The van der Waals surface area contributed by atoms with Gasteiger partial charge in [-0.2, -0.15) is 0 Å². The Labute approximate surface area is 179 Å². The van der Waals surface area contributed by atoms with Gasteiger partial charge in [-0.05, 0) is 26.2 Å². The molecule has 0 fully saturated rings. The predicted octanol–water partition coefficient (Wildman–Crippen LogP) is 3.43. The number of hydrogen-bond donors (Lipinski definition) is 0. The maximum absolute atomic E-state index is 13.0. The number of nitrogens with zero attached hydrogens (tertiary/aromatic N) is 3. The number of carbonyl (C=O) groups is 1. The average Bonchev–Trinajstić information content (AvgIpc) is 3.15. The summed E-state index contributed by atoms with van der Waals surface area (Å²) in [5.41, 5.74) is 0.808. The molecule has 0 aliphatic carbocycles. The molecule has 2 heterocycles. The van der Waals surface area contributed by atoms with E-state index >= 15 is 0 Å². The predicted molar refractivity (Wildman–Crippen MR) is 118 cm³/mol. The number of rotatable bonds is 8. The van der Waals surface area contributed by atoms with Gasteiger partial charge in [-0.25, -0.2) is 4.98 Å². The third-order valence-corrected chi connectivity index (χ3v) is 5.71. The summed E-state index contributed by atoms with van der Waals surface area (Å²) in [6, 6.07) is 13.3. The Hall–Kier alpha value is -2.84. The van der Waals surface area contributed by atoms with Gasteiger partial charge in [0.2, 0.25) is 5.91 Å². The van der Waals surface area contributed by atoms with Crippen molar-refractivity contribution in [3.05, 3.63) is 42.5 Å². The van der Waals surface area contributed by atoms with Crippen LogP contribution in [0.4, 0.5) is 5.13 Å². The van der Waals surface area contributed by atoms with E-state index in [2.05, 4.69) is 4.90 Å². The number of hydrogen-bond acceptors (Lipinski definition) is 7. The van der Waals surface area contributed by atoms with Crippen molar-refractivity contribution < 1.29 is 19.0 Å². The summed E-state index contributed by atoms with van der Waals surface area (Å²) in [6.45, 7) is 2.69. The number of carbonyl (C=O) groups excluding carboxylic acids is 1. The van der Waals surface area contributed by atoms with Crippen molar-refractivity contribution in [1.82, 2.24) is 9.88 Å². The maximum atomic E-state index is 13.0. The molecule has 30 heavy (non-hydrogen) atoms. The molecule has 8 heteroatoms. The van der Waals surface area contributed by atoms with Crippen molar-refractivity contribution in [3.8, 4) is 17.2 Å². The quantitative estimate of drug-likeness (QED) is 0.549. The summed E-state index contributed by atoms with van der Waals surface area (Å²) >= 11 is 1.49. The molecule has 1 amide bonds. The highest BCUT2D eigenvalue weighted by Crippen LogP contribution is 2.38. The summed E-state index contributed by atoms with van der Waals surface area (Å²) < 4.78 is 18.0. The molecule has 0 atom stereocenters. The highest BCUT2D eigenvalue weighted by Gasteiger charge is 2.22. The lowest BCUT2D eigenvalue weighted by Gasteiger charge is -2.22. The summed E-state index contributed by atoms with van der Waals surface area (Å²) in [6.07, 6.45) is 0.279. The van der Waals surface area contributed by atoms with Gasteiger partial charge in [0, 0.05) is 25.2 Å². The monoisotopic (exact) mass is 427 g/mol. The topological polar surface area (TPSA) is 64.1 Å². The van der Waals surface area contributed by atoms with Crippen LogP contribution < -0.4 is 19.1 Å². The summed E-state index contributed by atoms with van der Waals surface area (Å²) in [5.74, 6) is 2.18. The van der Waals surface area contributed by atoms with E-state index in [0.717, 1.165) is 28.3 Å². The summed E-state index contributed by atoms with van der Waals surface area (Å²) in [4.78, 5) is 21.5. The van der Waals surface area contributed by atoms with Gasteiger partial charge in [0.25, 0.3) is 0 Å². The highest BCUT2D eigenvalue weighted by atomic mass is 32.1. The molecule has 0 bridgehead atoms. The smallest absolute Gasteiger partial charge is 0.232 e. The highest BCUT2D eigenvalue weighted by molar-refractivity contribution is 7.22. The Bertz CT molecular complexity index is 963. The first-order valence-electron chi connectivity index (χ1n) is 9.93.